The maximum atomic E-state index is 13.1. The summed E-state index contributed by atoms with van der Waals surface area (Å²) in [5, 5.41) is 97.4. The minimum absolute atomic E-state index is 0.00631. The lowest BCUT2D eigenvalue weighted by molar-refractivity contribution is -0.379. The standard InChI is InChI=1S/C46H74O16/c1-22-30(50)35(61-37-33(53)31(51)25(48)19-57-37)34(54)38(59-22)62-36-32(52)26(49)20-58-39(36)60-29-11-12-42(4)27(43(29,5)21-47)10-13-45(7)28(42)9-8-23-24-18-41(2,3)14-16-46(24,40(55)56)17-15-44(23,45)6/h8,22,24-39,47-54H,9-21H2,1-7H3,(H,55,56)/t22-,24?,25+,26-,27?,28?,29-,30-,31-,32-,33+,34+,35+,36+,37-,38-,39-,42-,43+,44?,45+,46-/m0/s1. The largest absolute Gasteiger partial charge is 0.481 e. The van der Waals surface area contributed by atoms with Gasteiger partial charge in [-0.05, 0) is 111 Å². The minimum Gasteiger partial charge on any atom is -0.481 e. The van der Waals surface area contributed by atoms with Crippen LogP contribution < -0.4 is 0 Å². The average molecular weight is 883 g/mol. The van der Waals surface area contributed by atoms with Crippen LogP contribution in [-0.4, -0.2) is 158 Å². The van der Waals surface area contributed by atoms with E-state index in [2.05, 4.69) is 47.6 Å². The normalized spacial score (nSPS) is 55.1. The van der Waals surface area contributed by atoms with Crippen molar-refractivity contribution in [3.8, 4) is 0 Å². The van der Waals surface area contributed by atoms with Gasteiger partial charge in [-0.3, -0.25) is 4.79 Å². The molecule has 3 saturated heterocycles. The Morgan fingerprint density at radius 2 is 1.35 bits per heavy atom. The monoisotopic (exact) mass is 882 g/mol. The summed E-state index contributed by atoms with van der Waals surface area (Å²) in [5.41, 5.74) is -0.519. The SMILES string of the molecule is C[C@@H]1O[C@@H](O[C@H]2[C@H](O[C@H]3CC[C@@]4(C)C(CC[C@]5(C)C4CC=C4C6CC(C)(C)CC[C@]6(C(=O)O)CCC45C)[C@@]3(C)CO)OC[C@H](O)[C@@H]2O)[C@H](O)[C@H](O[C@@H]2OC[C@@H](O)[C@H](O)[C@H]2O)[C@H]1O. The zero-order valence-corrected chi connectivity index (χ0v) is 37.5. The van der Waals surface area contributed by atoms with Crippen LogP contribution in [0.2, 0.25) is 0 Å². The first-order chi connectivity index (χ1) is 29.0. The molecule has 5 aliphatic carbocycles. The number of ether oxygens (including phenoxy) is 6. The Bertz CT molecular complexity index is 1690. The van der Waals surface area contributed by atoms with Crippen LogP contribution in [-0.2, 0) is 33.2 Å². The molecule has 8 rings (SSSR count). The van der Waals surface area contributed by atoms with Crippen molar-refractivity contribution in [2.75, 3.05) is 19.8 Å². The first-order valence-electron chi connectivity index (χ1n) is 23.1. The average Bonchev–Trinajstić information content (AvgIpc) is 3.21. The van der Waals surface area contributed by atoms with E-state index in [4.69, 9.17) is 28.4 Å². The molecule has 0 spiro atoms. The first kappa shape index (κ1) is 47.2. The lowest BCUT2D eigenvalue weighted by Crippen LogP contribution is -2.67. The van der Waals surface area contributed by atoms with E-state index in [-0.39, 0.29) is 59.2 Å². The second kappa shape index (κ2) is 16.5. The van der Waals surface area contributed by atoms with Crippen LogP contribution in [0, 0.1) is 50.2 Å². The molecule has 9 N–H and O–H groups in total. The van der Waals surface area contributed by atoms with E-state index in [1.54, 1.807) is 0 Å². The van der Waals surface area contributed by atoms with Gasteiger partial charge in [0.25, 0.3) is 0 Å². The molecule has 16 heteroatoms. The van der Waals surface area contributed by atoms with Crippen LogP contribution in [0.5, 0.6) is 0 Å². The van der Waals surface area contributed by atoms with Gasteiger partial charge in [-0.15, -0.1) is 0 Å². The number of aliphatic hydroxyl groups is 8. The Labute approximate surface area is 364 Å². The Balaban J connectivity index is 1.02. The molecule has 0 aromatic carbocycles. The number of rotatable bonds is 8. The van der Waals surface area contributed by atoms with Gasteiger partial charge in [0.05, 0.1) is 37.4 Å². The summed E-state index contributed by atoms with van der Waals surface area (Å²) in [5.74, 6) is -0.342. The fraction of sp³-hybridized carbons (Fsp3) is 0.935. The van der Waals surface area contributed by atoms with Crippen molar-refractivity contribution in [2.24, 2.45) is 50.2 Å². The second-order valence-electron chi connectivity index (χ2n) is 22.4. The van der Waals surface area contributed by atoms with E-state index in [9.17, 15) is 50.8 Å². The fourth-order valence-corrected chi connectivity index (χ4v) is 14.5. The number of carboxylic acid groups (broad SMARTS) is 1. The van der Waals surface area contributed by atoms with E-state index < -0.39 is 103 Å². The van der Waals surface area contributed by atoms with Crippen LogP contribution in [0.15, 0.2) is 11.6 Å². The molecular formula is C46H74O16. The van der Waals surface area contributed by atoms with Gasteiger partial charge >= 0.3 is 5.97 Å². The molecule has 0 aromatic heterocycles. The molecule has 16 nitrogen and oxygen atoms in total. The summed E-state index contributed by atoms with van der Waals surface area (Å²) >= 11 is 0. The lowest BCUT2D eigenvalue weighted by atomic mass is 9.33. The molecule has 0 aromatic rings. The molecule has 3 heterocycles. The number of carbonyl (C=O) groups is 1. The van der Waals surface area contributed by atoms with Crippen molar-refractivity contribution in [1.82, 2.24) is 0 Å². The summed E-state index contributed by atoms with van der Waals surface area (Å²) < 4.78 is 36.0. The summed E-state index contributed by atoms with van der Waals surface area (Å²) in [6.07, 6.45) is -9.19. The van der Waals surface area contributed by atoms with E-state index in [1.165, 1.54) is 12.5 Å². The third-order valence-electron chi connectivity index (χ3n) is 18.7. The predicted molar refractivity (Wildman–Crippen MR) is 219 cm³/mol. The predicted octanol–water partition coefficient (Wildman–Crippen LogP) is 1.98. The Hall–Kier alpha value is -1.35. The quantitative estimate of drug-likeness (QED) is 0.125. The Morgan fingerprint density at radius 3 is 2.03 bits per heavy atom. The van der Waals surface area contributed by atoms with Crippen molar-refractivity contribution in [1.29, 1.82) is 0 Å². The molecule has 0 bridgehead atoms. The van der Waals surface area contributed by atoms with E-state index in [0.29, 0.717) is 19.3 Å². The number of hydrogen-bond donors (Lipinski definition) is 9. The van der Waals surface area contributed by atoms with Gasteiger partial charge in [0, 0.05) is 5.41 Å². The Morgan fingerprint density at radius 1 is 0.710 bits per heavy atom. The van der Waals surface area contributed by atoms with Crippen molar-refractivity contribution < 1.29 is 79.2 Å². The van der Waals surface area contributed by atoms with Gasteiger partial charge in [0.1, 0.15) is 54.9 Å². The molecular weight excluding hydrogens is 808 g/mol. The lowest BCUT2D eigenvalue weighted by Gasteiger charge is -2.71. The zero-order chi connectivity index (χ0) is 45.1. The molecule has 3 aliphatic heterocycles. The van der Waals surface area contributed by atoms with Gasteiger partial charge in [0.2, 0.25) is 0 Å². The number of allylic oxidation sites excluding steroid dienone is 2. The van der Waals surface area contributed by atoms with E-state index in [0.717, 1.165) is 44.9 Å². The fourth-order valence-electron chi connectivity index (χ4n) is 14.5. The van der Waals surface area contributed by atoms with Gasteiger partial charge in [0.15, 0.2) is 18.9 Å². The topological polar surface area (TPSA) is 255 Å². The zero-order valence-electron chi connectivity index (χ0n) is 37.5. The highest BCUT2D eigenvalue weighted by atomic mass is 16.8. The van der Waals surface area contributed by atoms with Crippen molar-refractivity contribution in [3.05, 3.63) is 11.6 Å². The maximum absolute atomic E-state index is 13.1. The molecule has 354 valence electrons. The van der Waals surface area contributed by atoms with Gasteiger partial charge in [-0.25, -0.2) is 0 Å². The third-order valence-corrected chi connectivity index (χ3v) is 18.7. The van der Waals surface area contributed by atoms with Gasteiger partial charge < -0.3 is 74.4 Å². The van der Waals surface area contributed by atoms with Crippen LogP contribution in [0.1, 0.15) is 113 Å². The summed E-state index contributed by atoms with van der Waals surface area (Å²) in [6.45, 7) is 14.5. The number of aliphatic carboxylic acids is 1. The highest BCUT2D eigenvalue weighted by Crippen LogP contribution is 2.76. The molecule has 0 radical (unpaired) electrons. The Kier molecular flexibility index (Phi) is 12.5. The van der Waals surface area contributed by atoms with Crippen molar-refractivity contribution >= 4 is 5.97 Å². The molecule has 4 unspecified atom stereocenters. The molecule has 8 aliphatic rings. The molecule has 4 saturated carbocycles. The van der Waals surface area contributed by atoms with Gasteiger partial charge in [-0.1, -0.05) is 53.2 Å². The van der Waals surface area contributed by atoms with Crippen LogP contribution in [0.25, 0.3) is 0 Å². The molecule has 22 atom stereocenters. The third kappa shape index (κ3) is 7.19. The molecule has 0 amide bonds. The molecule has 7 fully saturated rings. The van der Waals surface area contributed by atoms with Crippen LogP contribution >= 0.6 is 0 Å². The van der Waals surface area contributed by atoms with Crippen molar-refractivity contribution in [3.63, 3.8) is 0 Å². The minimum atomic E-state index is -1.73. The maximum Gasteiger partial charge on any atom is 0.310 e. The number of fused-ring (bicyclic) bond motifs is 7. The second-order valence-corrected chi connectivity index (χ2v) is 22.4. The highest BCUT2D eigenvalue weighted by molar-refractivity contribution is 5.76. The molecule has 62 heavy (non-hydrogen) atoms. The van der Waals surface area contributed by atoms with Gasteiger partial charge in [-0.2, -0.15) is 0 Å². The number of carboxylic acids is 1. The van der Waals surface area contributed by atoms with E-state index in [1.807, 2.05) is 0 Å². The summed E-state index contributed by atoms with van der Waals surface area (Å²) in [4.78, 5) is 13.1. The summed E-state index contributed by atoms with van der Waals surface area (Å²) in [6, 6.07) is 0. The van der Waals surface area contributed by atoms with E-state index >= 15 is 0 Å². The smallest absolute Gasteiger partial charge is 0.310 e. The first-order valence-corrected chi connectivity index (χ1v) is 23.1. The van der Waals surface area contributed by atoms with Crippen molar-refractivity contribution in [2.45, 2.75) is 199 Å². The van der Waals surface area contributed by atoms with Crippen LogP contribution in [0.3, 0.4) is 0 Å². The number of aliphatic hydroxyl groups excluding tert-OH is 8. The van der Waals surface area contributed by atoms with Crippen LogP contribution in [0.4, 0.5) is 0 Å². The highest BCUT2D eigenvalue weighted by Gasteiger charge is 2.70. The number of hydrogen-bond acceptors (Lipinski definition) is 15. The summed E-state index contributed by atoms with van der Waals surface area (Å²) in [7, 11) is 0.